The number of ketones is 1. The highest BCUT2D eigenvalue weighted by Crippen LogP contribution is 2.28. The van der Waals surface area contributed by atoms with Crippen LogP contribution in [0, 0.1) is 0 Å². The molecule has 30 heavy (non-hydrogen) atoms. The van der Waals surface area contributed by atoms with Crippen molar-refractivity contribution in [3.05, 3.63) is 64.5 Å². The van der Waals surface area contributed by atoms with Gasteiger partial charge in [-0.05, 0) is 37.6 Å². The Morgan fingerprint density at radius 2 is 2.00 bits per heavy atom. The number of aromatic nitrogens is 4. The Balaban J connectivity index is 1.61. The Morgan fingerprint density at radius 1 is 1.20 bits per heavy atom. The van der Waals surface area contributed by atoms with E-state index >= 15 is 0 Å². The van der Waals surface area contributed by atoms with Crippen molar-refractivity contribution in [1.82, 2.24) is 24.6 Å². The molecule has 1 atom stereocenters. The summed E-state index contributed by atoms with van der Waals surface area (Å²) >= 11 is 4.73. The number of pyridine rings is 1. The number of hydrogen-bond donors (Lipinski definition) is 0. The smallest absolute Gasteiger partial charge is 0.223 e. The summed E-state index contributed by atoms with van der Waals surface area (Å²) in [6.07, 6.45) is 3.12. The first-order valence-electron chi connectivity index (χ1n) is 9.63. The molecular formula is C21H20BrN5O2S. The zero-order valence-corrected chi connectivity index (χ0v) is 18.8. The maximum atomic E-state index is 12.9. The molecule has 1 amide bonds. The van der Waals surface area contributed by atoms with Crippen LogP contribution in [0.1, 0.15) is 35.9 Å². The molecule has 0 bridgehead atoms. The molecule has 0 N–H and O–H groups in total. The highest BCUT2D eigenvalue weighted by Gasteiger charge is 2.26. The lowest BCUT2D eigenvalue weighted by Gasteiger charge is -2.16. The van der Waals surface area contributed by atoms with Crippen LogP contribution in [-0.2, 0) is 11.3 Å². The number of Topliss-reactive ketones (excluding diaryl/α,β-unsaturated/α-hetero) is 1. The lowest BCUT2D eigenvalue weighted by molar-refractivity contribution is -0.128. The standard InChI is InChI=1S/C21H20BrN5O2S/c1-14(20(29)15-7-9-16(22)10-8-15)30-21-25-24-18(13-26-12-4-6-19(26)28)27(21)17-5-2-3-11-23-17/h2-3,5,7-11,14H,4,6,12-13H2,1H3. The zero-order chi connectivity index (χ0) is 21.1. The summed E-state index contributed by atoms with van der Waals surface area (Å²) in [5, 5.41) is 8.87. The van der Waals surface area contributed by atoms with E-state index in [1.165, 1.54) is 11.8 Å². The van der Waals surface area contributed by atoms with E-state index in [0.29, 0.717) is 35.3 Å². The summed E-state index contributed by atoms with van der Waals surface area (Å²) in [6, 6.07) is 12.9. The van der Waals surface area contributed by atoms with Crippen molar-refractivity contribution in [2.45, 2.75) is 36.7 Å². The molecule has 154 valence electrons. The van der Waals surface area contributed by atoms with Gasteiger partial charge in [0.1, 0.15) is 5.82 Å². The molecule has 3 aromatic rings. The minimum atomic E-state index is -0.362. The minimum Gasteiger partial charge on any atom is -0.335 e. The number of carbonyl (C=O) groups is 2. The summed E-state index contributed by atoms with van der Waals surface area (Å²) in [6.45, 7) is 2.95. The van der Waals surface area contributed by atoms with Crippen LogP contribution in [0.5, 0.6) is 0 Å². The Morgan fingerprint density at radius 3 is 2.67 bits per heavy atom. The van der Waals surface area contributed by atoms with Gasteiger partial charge in [-0.25, -0.2) is 4.98 Å². The molecule has 1 aliphatic heterocycles. The SMILES string of the molecule is CC(Sc1nnc(CN2CCCC2=O)n1-c1ccccn1)C(=O)c1ccc(Br)cc1. The molecular weight excluding hydrogens is 466 g/mol. The van der Waals surface area contributed by atoms with Gasteiger partial charge < -0.3 is 4.90 Å². The van der Waals surface area contributed by atoms with E-state index in [1.54, 1.807) is 23.2 Å². The molecule has 1 unspecified atom stereocenters. The van der Waals surface area contributed by atoms with Crippen LogP contribution in [0.25, 0.3) is 5.82 Å². The highest BCUT2D eigenvalue weighted by atomic mass is 79.9. The normalized spacial score (nSPS) is 14.9. The van der Waals surface area contributed by atoms with Crippen LogP contribution < -0.4 is 0 Å². The van der Waals surface area contributed by atoms with Crippen LogP contribution in [0.4, 0.5) is 0 Å². The summed E-state index contributed by atoms with van der Waals surface area (Å²) in [5.41, 5.74) is 0.644. The lowest BCUT2D eigenvalue weighted by atomic mass is 10.1. The Labute approximate surface area is 187 Å². The molecule has 0 radical (unpaired) electrons. The Kier molecular flexibility index (Phi) is 6.29. The van der Waals surface area contributed by atoms with Crippen molar-refractivity contribution in [3.63, 3.8) is 0 Å². The Bertz CT molecular complexity index is 1060. The number of nitrogens with zero attached hydrogens (tertiary/aromatic N) is 5. The molecule has 1 fully saturated rings. The monoisotopic (exact) mass is 485 g/mol. The van der Waals surface area contributed by atoms with E-state index in [-0.39, 0.29) is 16.9 Å². The molecule has 7 nitrogen and oxygen atoms in total. The first kappa shape index (κ1) is 20.7. The van der Waals surface area contributed by atoms with Crippen LogP contribution in [0.15, 0.2) is 58.3 Å². The second-order valence-electron chi connectivity index (χ2n) is 6.97. The third-order valence-electron chi connectivity index (χ3n) is 4.86. The van der Waals surface area contributed by atoms with Gasteiger partial charge in [-0.2, -0.15) is 0 Å². The highest BCUT2D eigenvalue weighted by molar-refractivity contribution is 9.10. The van der Waals surface area contributed by atoms with Crippen molar-refractivity contribution in [3.8, 4) is 5.82 Å². The maximum Gasteiger partial charge on any atom is 0.223 e. The van der Waals surface area contributed by atoms with E-state index in [9.17, 15) is 9.59 Å². The predicted molar refractivity (Wildman–Crippen MR) is 118 cm³/mol. The van der Waals surface area contributed by atoms with Crippen molar-refractivity contribution in [2.24, 2.45) is 0 Å². The first-order chi connectivity index (χ1) is 14.5. The number of halogens is 1. The summed E-state index contributed by atoms with van der Waals surface area (Å²) in [5.74, 6) is 1.43. The number of hydrogen-bond acceptors (Lipinski definition) is 6. The van der Waals surface area contributed by atoms with Gasteiger partial charge in [0.15, 0.2) is 16.8 Å². The molecule has 0 saturated carbocycles. The molecule has 2 aromatic heterocycles. The summed E-state index contributed by atoms with van der Waals surface area (Å²) in [4.78, 5) is 31.2. The fourth-order valence-electron chi connectivity index (χ4n) is 3.30. The van der Waals surface area contributed by atoms with Crippen LogP contribution in [0.2, 0.25) is 0 Å². The second-order valence-corrected chi connectivity index (χ2v) is 9.20. The second kappa shape index (κ2) is 9.09. The first-order valence-corrected chi connectivity index (χ1v) is 11.3. The third kappa shape index (κ3) is 4.46. The van der Waals surface area contributed by atoms with Gasteiger partial charge in [0, 0.05) is 29.2 Å². The maximum absolute atomic E-state index is 12.9. The van der Waals surface area contributed by atoms with Crippen LogP contribution in [0.3, 0.4) is 0 Å². The Hall–Kier alpha value is -2.52. The van der Waals surface area contributed by atoms with Gasteiger partial charge in [0.2, 0.25) is 5.91 Å². The fraction of sp³-hybridized carbons (Fsp3) is 0.286. The molecule has 1 aromatic carbocycles. The number of thioether (sulfide) groups is 1. The van der Waals surface area contributed by atoms with Gasteiger partial charge in [0.05, 0.1) is 11.8 Å². The van der Waals surface area contributed by atoms with Gasteiger partial charge in [-0.3, -0.25) is 14.2 Å². The quantitative estimate of drug-likeness (QED) is 0.372. The van der Waals surface area contributed by atoms with E-state index in [2.05, 4.69) is 31.1 Å². The molecule has 4 rings (SSSR count). The van der Waals surface area contributed by atoms with Gasteiger partial charge in [-0.15, -0.1) is 10.2 Å². The average Bonchev–Trinajstić information content (AvgIpc) is 3.35. The van der Waals surface area contributed by atoms with Crippen LogP contribution in [-0.4, -0.2) is 48.1 Å². The number of likely N-dealkylation sites (tertiary alicyclic amines) is 1. The van der Waals surface area contributed by atoms with Crippen molar-refractivity contribution in [2.75, 3.05) is 6.54 Å². The van der Waals surface area contributed by atoms with Gasteiger partial charge in [-0.1, -0.05) is 45.9 Å². The third-order valence-corrected chi connectivity index (χ3v) is 6.43. The summed E-state index contributed by atoms with van der Waals surface area (Å²) < 4.78 is 2.76. The van der Waals surface area contributed by atoms with Crippen LogP contribution >= 0.6 is 27.7 Å². The molecule has 3 heterocycles. The number of rotatable bonds is 7. The fourth-order valence-corrected chi connectivity index (χ4v) is 4.51. The molecule has 9 heteroatoms. The number of carbonyl (C=O) groups excluding carboxylic acids is 2. The molecule has 1 saturated heterocycles. The number of amides is 1. The zero-order valence-electron chi connectivity index (χ0n) is 16.4. The van der Waals surface area contributed by atoms with E-state index in [4.69, 9.17) is 0 Å². The summed E-state index contributed by atoms with van der Waals surface area (Å²) in [7, 11) is 0. The molecule has 0 aliphatic carbocycles. The van der Waals surface area contributed by atoms with Crippen molar-refractivity contribution < 1.29 is 9.59 Å². The van der Waals surface area contributed by atoms with Crippen molar-refractivity contribution in [1.29, 1.82) is 0 Å². The largest absolute Gasteiger partial charge is 0.335 e. The number of benzene rings is 1. The van der Waals surface area contributed by atoms with Gasteiger partial charge >= 0.3 is 0 Å². The van der Waals surface area contributed by atoms with Crippen molar-refractivity contribution >= 4 is 39.4 Å². The molecule has 0 spiro atoms. The average molecular weight is 486 g/mol. The van der Waals surface area contributed by atoms with E-state index in [1.807, 2.05) is 41.8 Å². The predicted octanol–water partition coefficient (Wildman–Crippen LogP) is 3.91. The van der Waals surface area contributed by atoms with E-state index < -0.39 is 0 Å². The van der Waals surface area contributed by atoms with E-state index in [0.717, 1.165) is 17.4 Å². The van der Waals surface area contributed by atoms with Gasteiger partial charge in [0.25, 0.3) is 0 Å². The lowest BCUT2D eigenvalue weighted by Crippen LogP contribution is -2.26. The minimum absolute atomic E-state index is 0.0133. The molecule has 1 aliphatic rings. The topological polar surface area (TPSA) is 81.0 Å².